The van der Waals surface area contributed by atoms with Gasteiger partial charge in [-0.05, 0) is 57.1 Å². The van der Waals surface area contributed by atoms with Gasteiger partial charge in [0, 0.05) is 18.2 Å². The first-order chi connectivity index (χ1) is 9.60. The van der Waals surface area contributed by atoms with Gasteiger partial charge < -0.3 is 16.0 Å². The Morgan fingerprint density at radius 3 is 2.90 bits per heavy atom. The van der Waals surface area contributed by atoms with Crippen LogP contribution in [0.2, 0.25) is 0 Å². The molecule has 0 saturated heterocycles. The van der Waals surface area contributed by atoms with Crippen molar-refractivity contribution in [2.24, 2.45) is 17.6 Å². The number of anilines is 1. The number of amides is 1. The Kier molecular flexibility index (Phi) is 5.15. The molecule has 1 aromatic carbocycles. The summed E-state index contributed by atoms with van der Waals surface area (Å²) in [5, 5.41) is 3.05. The van der Waals surface area contributed by atoms with E-state index < -0.39 is 0 Å². The molecule has 2 unspecified atom stereocenters. The van der Waals surface area contributed by atoms with Crippen LogP contribution in [0.1, 0.15) is 24.8 Å². The van der Waals surface area contributed by atoms with Crippen LogP contribution in [-0.4, -0.2) is 31.4 Å². The Labute approximate surface area is 121 Å². The Hall–Kier alpha value is -1.39. The summed E-state index contributed by atoms with van der Waals surface area (Å²) in [7, 11) is 4.07. The number of carbonyl (C=O) groups is 1. The van der Waals surface area contributed by atoms with E-state index >= 15 is 0 Å². The van der Waals surface area contributed by atoms with E-state index in [0.717, 1.165) is 31.5 Å². The SMILES string of the molecule is CN(C)Cc1cccc(NC(=O)C2CCCC2CN)c1. The lowest BCUT2D eigenvalue weighted by Gasteiger charge is -2.18. The molecule has 4 nitrogen and oxygen atoms in total. The number of carbonyl (C=O) groups excluding carboxylic acids is 1. The van der Waals surface area contributed by atoms with E-state index in [1.165, 1.54) is 5.56 Å². The minimum absolute atomic E-state index is 0.0810. The topological polar surface area (TPSA) is 58.4 Å². The summed E-state index contributed by atoms with van der Waals surface area (Å²) < 4.78 is 0. The molecular formula is C16H25N3O. The summed E-state index contributed by atoms with van der Waals surface area (Å²) in [4.78, 5) is 14.5. The minimum Gasteiger partial charge on any atom is -0.330 e. The molecule has 0 aromatic heterocycles. The van der Waals surface area contributed by atoms with Gasteiger partial charge in [0.25, 0.3) is 0 Å². The molecule has 1 fully saturated rings. The molecule has 0 heterocycles. The van der Waals surface area contributed by atoms with Gasteiger partial charge in [-0.15, -0.1) is 0 Å². The summed E-state index contributed by atoms with van der Waals surface area (Å²) in [5.74, 6) is 0.553. The molecule has 3 N–H and O–H groups in total. The van der Waals surface area contributed by atoms with E-state index in [1.54, 1.807) is 0 Å². The fourth-order valence-electron chi connectivity index (χ4n) is 3.01. The van der Waals surface area contributed by atoms with Crippen molar-refractivity contribution in [1.82, 2.24) is 4.90 Å². The molecular weight excluding hydrogens is 250 g/mol. The van der Waals surface area contributed by atoms with E-state index in [0.29, 0.717) is 12.5 Å². The van der Waals surface area contributed by atoms with Crippen molar-refractivity contribution in [3.63, 3.8) is 0 Å². The smallest absolute Gasteiger partial charge is 0.227 e. The van der Waals surface area contributed by atoms with Gasteiger partial charge in [-0.25, -0.2) is 0 Å². The third-order valence-electron chi connectivity index (χ3n) is 3.99. The molecule has 1 aliphatic rings. The Morgan fingerprint density at radius 1 is 1.40 bits per heavy atom. The maximum absolute atomic E-state index is 12.3. The molecule has 1 saturated carbocycles. The molecule has 0 aliphatic heterocycles. The fourth-order valence-corrected chi connectivity index (χ4v) is 3.01. The molecule has 4 heteroatoms. The number of hydrogen-bond acceptors (Lipinski definition) is 3. The lowest BCUT2D eigenvalue weighted by molar-refractivity contribution is -0.120. The second-order valence-electron chi connectivity index (χ2n) is 5.96. The number of rotatable bonds is 5. The molecule has 1 aliphatic carbocycles. The van der Waals surface area contributed by atoms with E-state index in [1.807, 2.05) is 32.3 Å². The van der Waals surface area contributed by atoms with Crippen molar-refractivity contribution in [2.75, 3.05) is 26.0 Å². The Morgan fingerprint density at radius 2 is 2.20 bits per heavy atom. The van der Waals surface area contributed by atoms with Crippen LogP contribution in [0.5, 0.6) is 0 Å². The van der Waals surface area contributed by atoms with Crippen molar-refractivity contribution in [1.29, 1.82) is 0 Å². The van der Waals surface area contributed by atoms with Crippen LogP contribution in [0.3, 0.4) is 0 Å². The Balaban J connectivity index is 2.00. The molecule has 110 valence electrons. The van der Waals surface area contributed by atoms with Gasteiger partial charge in [-0.2, -0.15) is 0 Å². The molecule has 1 amide bonds. The second kappa shape index (κ2) is 6.86. The maximum Gasteiger partial charge on any atom is 0.227 e. The monoisotopic (exact) mass is 275 g/mol. The van der Waals surface area contributed by atoms with Gasteiger partial charge in [-0.3, -0.25) is 4.79 Å². The van der Waals surface area contributed by atoms with Crippen molar-refractivity contribution < 1.29 is 4.79 Å². The second-order valence-corrected chi connectivity index (χ2v) is 5.96. The predicted molar refractivity (Wildman–Crippen MR) is 82.3 cm³/mol. The summed E-state index contributed by atoms with van der Waals surface area (Å²) in [6, 6.07) is 8.06. The maximum atomic E-state index is 12.3. The van der Waals surface area contributed by atoms with Gasteiger partial charge in [0.15, 0.2) is 0 Å². The third-order valence-corrected chi connectivity index (χ3v) is 3.99. The number of nitrogens with two attached hydrogens (primary N) is 1. The highest BCUT2D eigenvalue weighted by atomic mass is 16.1. The summed E-state index contributed by atoms with van der Waals surface area (Å²) in [6.45, 7) is 1.48. The molecule has 2 rings (SSSR count). The van der Waals surface area contributed by atoms with Crippen molar-refractivity contribution in [3.05, 3.63) is 29.8 Å². The minimum atomic E-state index is 0.0810. The highest BCUT2D eigenvalue weighted by Crippen LogP contribution is 2.31. The van der Waals surface area contributed by atoms with Crippen molar-refractivity contribution in [3.8, 4) is 0 Å². The normalized spacial score (nSPS) is 22.2. The van der Waals surface area contributed by atoms with E-state index in [9.17, 15) is 4.79 Å². The fraction of sp³-hybridized carbons (Fsp3) is 0.562. The highest BCUT2D eigenvalue weighted by molar-refractivity contribution is 5.93. The molecule has 1 aromatic rings. The standard InChI is InChI=1S/C16H25N3O/c1-19(2)11-12-5-3-7-14(9-12)18-16(20)15-8-4-6-13(15)10-17/h3,5,7,9,13,15H,4,6,8,10-11,17H2,1-2H3,(H,18,20). The van der Waals surface area contributed by atoms with Gasteiger partial charge in [0.05, 0.1) is 0 Å². The average Bonchev–Trinajstić information content (AvgIpc) is 2.86. The molecule has 0 radical (unpaired) electrons. The number of hydrogen-bond donors (Lipinski definition) is 2. The first kappa shape index (κ1) is 15.0. The van der Waals surface area contributed by atoms with Crippen LogP contribution >= 0.6 is 0 Å². The predicted octanol–water partition coefficient (Wildman–Crippen LogP) is 2.06. The number of nitrogens with zero attached hydrogens (tertiary/aromatic N) is 1. The summed E-state index contributed by atoms with van der Waals surface area (Å²) >= 11 is 0. The molecule has 2 atom stereocenters. The molecule has 20 heavy (non-hydrogen) atoms. The first-order valence-electron chi connectivity index (χ1n) is 7.34. The average molecular weight is 275 g/mol. The third kappa shape index (κ3) is 3.81. The van der Waals surface area contributed by atoms with Crippen LogP contribution in [0, 0.1) is 11.8 Å². The van der Waals surface area contributed by atoms with E-state index in [4.69, 9.17) is 5.73 Å². The van der Waals surface area contributed by atoms with E-state index in [-0.39, 0.29) is 11.8 Å². The van der Waals surface area contributed by atoms with Crippen LogP contribution in [0.15, 0.2) is 24.3 Å². The van der Waals surface area contributed by atoms with Crippen LogP contribution in [0.25, 0.3) is 0 Å². The number of benzene rings is 1. The van der Waals surface area contributed by atoms with Gasteiger partial charge in [0.1, 0.15) is 0 Å². The number of nitrogens with one attached hydrogen (secondary N) is 1. The van der Waals surface area contributed by atoms with Crippen LogP contribution in [0.4, 0.5) is 5.69 Å². The zero-order chi connectivity index (χ0) is 14.5. The Bertz CT molecular complexity index is 459. The van der Waals surface area contributed by atoms with Gasteiger partial charge >= 0.3 is 0 Å². The lowest BCUT2D eigenvalue weighted by atomic mass is 9.95. The summed E-state index contributed by atoms with van der Waals surface area (Å²) in [6.07, 6.45) is 3.15. The quantitative estimate of drug-likeness (QED) is 0.865. The molecule has 0 spiro atoms. The summed E-state index contributed by atoms with van der Waals surface area (Å²) in [5.41, 5.74) is 7.84. The van der Waals surface area contributed by atoms with Crippen LogP contribution in [-0.2, 0) is 11.3 Å². The zero-order valence-electron chi connectivity index (χ0n) is 12.4. The lowest BCUT2D eigenvalue weighted by Crippen LogP contribution is -2.29. The van der Waals surface area contributed by atoms with Gasteiger partial charge in [0.2, 0.25) is 5.91 Å². The van der Waals surface area contributed by atoms with Crippen molar-refractivity contribution >= 4 is 11.6 Å². The first-order valence-corrected chi connectivity index (χ1v) is 7.34. The molecule has 0 bridgehead atoms. The van der Waals surface area contributed by atoms with E-state index in [2.05, 4.69) is 16.3 Å². The van der Waals surface area contributed by atoms with Crippen molar-refractivity contribution in [2.45, 2.75) is 25.8 Å². The largest absolute Gasteiger partial charge is 0.330 e. The zero-order valence-corrected chi connectivity index (χ0v) is 12.4. The van der Waals surface area contributed by atoms with Gasteiger partial charge in [-0.1, -0.05) is 18.6 Å². The highest BCUT2D eigenvalue weighted by Gasteiger charge is 2.31. The van der Waals surface area contributed by atoms with Crippen LogP contribution < -0.4 is 11.1 Å².